The van der Waals surface area contributed by atoms with Gasteiger partial charge >= 0.3 is 0 Å². The van der Waals surface area contributed by atoms with Gasteiger partial charge in [-0.15, -0.1) is 0 Å². The Labute approximate surface area is 150 Å². The van der Waals surface area contributed by atoms with Crippen molar-refractivity contribution in [3.05, 3.63) is 17.5 Å². The maximum Gasteiger partial charge on any atom is 0.217 e. The Hall–Kier alpha value is -1.44. The second-order valence-electron chi connectivity index (χ2n) is 8.02. The molecule has 1 fully saturated rings. The topological polar surface area (TPSA) is 62.6 Å². The SMILES string of the molecule is CC(=O)NCc1cc2n(n1)CCN(CC(C)(C)CN1CCOCC1)C2. The van der Waals surface area contributed by atoms with E-state index < -0.39 is 0 Å². The quantitative estimate of drug-likeness (QED) is 0.819. The summed E-state index contributed by atoms with van der Waals surface area (Å²) in [7, 11) is 0. The Morgan fingerprint density at radius 2 is 1.92 bits per heavy atom. The molecule has 25 heavy (non-hydrogen) atoms. The van der Waals surface area contributed by atoms with Crippen molar-refractivity contribution >= 4 is 5.91 Å². The van der Waals surface area contributed by atoms with Crippen LogP contribution in [0, 0.1) is 5.41 Å². The van der Waals surface area contributed by atoms with E-state index in [9.17, 15) is 4.79 Å². The second kappa shape index (κ2) is 7.85. The number of hydrogen-bond acceptors (Lipinski definition) is 5. The number of amides is 1. The van der Waals surface area contributed by atoms with Crippen molar-refractivity contribution in [2.75, 3.05) is 45.9 Å². The summed E-state index contributed by atoms with van der Waals surface area (Å²) in [5.74, 6) is -0.0162. The molecule has 1 amide bonds. The van der Waals surface area contributed by atoms with Gasteiger partial charge in [0.25, 0.3) is 0 Å². The standard InChI is InChI=1S/C18H31N5O2/c1-15(24)19-11-16-10-17-12-22(4-5-23(17)20-16)14-18(2,3)13-21-6-8-25-9-7-21/h10H,4-9,11-14H2,1-3H3,(H,19,24). The molecule has 2 aliphatic heterocycles. The van der Waals surface area contributed by atoms with E-state index in [1.807, 2.05) is 0 Å². The predicted octanol–water partition coefficient (Wildman–Crippen LogP) is 0.693. The summed E-state index contributed by atoms with van der Waals surface area (Å²) in [5.41, 5.74) is 2.44. The van der Waals surface area contributed by atoms with E-state index in [1.165, 1.54) is 12.6 Å². The molecule has 7 heteroatoms. The van der Waals surface area contributed by atoms with Crippen molar-refractivity contribution in [2.45, 2.75) is 40.4 Å². The molecule has 0 spiro atoms. The third-order valence-corrected chi connectivity index (χ3v) is 4.85. The molecule has 3 rings (SSSR count). The first-order valence-corrected chi connectivity index (χ1v) is 9.24. The van der Waals surface area contributed by atoms with Crippen molar-refractivity contribution in [2.24, 2.45) is 5.41 Å². The number of nitrogens with zero attached hydrogens (tertiary/aromatic N) is 4. The highest BCUT2D eigenvalue weighted by Crippen LogP contribution is 2.23. The number of aromatic nitrogens is 2. The van der Waals surface area contributed by atoms with Gasteiger partial charge in [-0.05, 0) is 11.5 Å². The molecule has 7 nitrogen and oxygen atoms in total. The fourth-order valence-electron chi connectivity index (χ4n) is 3.84. The van der Waals surface area contributed by atoms with Crippen LogP contribution >= 0.6 is 0 Å². The molecule has 3 heterocycles. The molecule has 0 unspecified atom stereocenters. The van der Waals surface area contributed by atoms with Crippen molar-refractivity contribution in [3.8, 4) is 0 Å². The van der Waals surface area contributed by atoms with Crippen LogP contribution in [0.2, 0.25) is 0 Å². The second-order valence-corrected chi connectivity index (χ2v) is 8.02. The fourth-order valence-corrected chi connectivity index (χ4v) is 3.84. The summed E-state index contributed by atoms with van der Waals surface area (Å²) in [4.78, 5) is 16.1. The zero-order valence-corrected chi connectivity index (χ0v) is 15.8. The number of carbonyl (C=O) groups excluding carboxylic acids is 1. The zero-order valence-electron chi connectivity index (χ0n) is 15.8. The van der Waals surface area contributed by atoms with Gasteiger partial charge in [-0.3, -0.25) is 19.3 Å². The Bertz CT molecular complexity index is 592. The van der Waals surface area contributed by atoms with Crippen molar-refractivity contribution in [1.82, 2.24) is 24.9 Å². The Kier molecular flexibility index (Phi) is 5.76. The van der Waals surface area contributed by atoms with Crippen LogP contribution in [0.15, 0.2) is 6.07 Å². The average Bonchev–Trinajstić information content (AvgIpc) is 2.95. The first-order valence-electron chi connectivity index (χ1n) is 9.24. The molecule has 0 radical (unpaired) electrons. The number of rotatable bonds is 6. The molecule has 2 aliphatic rings. The van der Waals surface area contributed by atoms with Crippen molar-refractivity contribution < 1.29 is 9.53 Å². The maximum absolute atomic E-state index is 11.1. The van der Waals surface area contributed by atoms with Gasteiger partial charge in [0.1, 0.15) is 0 Å². The molecule has 0 saturated carbocycles. The highest BCUT2D eigenvalue weighted by molar-refractivity contribution is 5.72. The number of ether oxygens (including phenoxy) is 1. The van der Waals surface area contributed by atoms with Gasteiger partial charge in [-0.25, -0.2) is 0 Å². The lowest BCUT2D eigenvalue weighted by Gasteiger charge is -2.39. The Balaban J connectivity index is 1.53. The predicted molar refractivity (Wildman–Crippen MR) is 96.1 cm³/mol. The molecule has 140 valence electrons. The smallest absolute Gasteiger partial charge is 0.217 e. The summed E-state index contributed by atoms with van der Waals surface area (Å²) in [6.07, 6.45) is 0. The summed E-state index contributed by atoms with van der Waals surface area (Å²) in [5, 5.41) is 7.42. The van der Waals surface area contributed by atoms with Crippen LogP contribution in [0.4, 0.5) is 0 Å². The molecule has 1 saturated heterocycles. The maximum atomic E-state index is 11.1. The van der Waals surface area contributed by atoms with E-state index in [2.05, 4.69) is 44.8 Å². The molecule has 0 bridgehead atoms. The highest BCUT2D eigenvalue weighted by Gasteiger charge is 2.28. The van der Waals surface area contributed by atoms with E-state index >= 15 is 0 Å². The number of carbonyl (C=O) groups is 1. The number of nitrogens with one attached hydrogen (secondary N) is 1. The Morgan fingerprint density at radius 1 is 1.20 bits per heavy atom. The zero-order chi connectivity index (χ0) is 17.9. The first kappa shape index (κ1) is 18.4. The van der Waals surface area contributed by atoms with Gasteiger partial charge in [-0.1, -0.05) is 13.8 Å². The van der Waals surface area contributed by atoms with Gasteiger partial charge in [0, 0.05) is 46.2 Å². The van der Waals surface area contributed by atoms with Gasteiger partial charge in [0.05, 0.1) is 37.7 Å². The van der Waals surface area contributed by atoms with Crippen molar-refractivity contribution in [1.29, 1.82) is 0 Å². The van der Waals surface area contributed by atoms with Crippen LogP contribution in [0.25, 0.3) is 0 Å². The average molecular weight is 349 g/mol. The molecule has 1 N–H and O–H groups in total. The molecule has 1 aromatic rings. The monoisotopic (exact) mass is 349 g/mol. The van der Waals surface area contributed by atoms with Gasteiger partial charge < -0.3 is 10.1 Å². The van der Waals surface area contributed by atoms with E-state index in [4.69, 9.17) is 4.74 Å². The number of fused-ring (bicyclic) bond motifs is 1. The fraction of sp³-hybridized carbons (Fsp3) is 0.778. The molecule has 0 atom stereocenters. The summed E-state index contributed by atoms with van der Waals surface area (Å²) < 4.78 is 7.54. The van der Waals surface area contributed by atoms with Crippen LogP contribution in [0.3, 0.4) is 0 Å². The normalized spacial score (nSPS) is 19.6. The van der Waals surface area contributed by atoms with Gasteiger partial charge in [0.15, 0.2) is 0 Å². The molecule has 1 aromatic heterocycles. The van der Waals surface area contributed by atoms with Gasteiger partial charge in [0.2, 0.25) is 5.91 Å². The minimum absolute atomic E-state index is 0.0162. The van der Waals surface area contributed by atoms with E-state index in [-0.39, 0.29) is 11.3 Å². The third-order valence-electron chi connectivity index (χ3n) is 4.85. The lowest BCUT2D eigenvalue weighted by atomic mass is 9.91. The third kappa shape index (κ3) is 5.26. The van der Waals surface area contributed by atoms with Crippen LogP contribution < -0.4 is 5.32 Å². The lowest BCUT2D eigenvalue weighted by Crippen LogP contribution is -2.47. The van der Waals surface area contributed by atoms with Crippen LogP contribution in [-0.4, -0.2) is 71.4 Å². The summed E-state index contributed by atoms with van der Waals surface area (Å²) in [6, 6.07) is 2.12. The first-order chi connectivity index (χ1) is 11.9. The summed E-state index contributed by atoms with van der Waals surface area (Å²) >= 11 is 0. The van der Waals surface area contributed by atoms with E-state index in [0.29, 0.717) is 6.54 Å². The molecular weight excluding hydrogens is 318 g/mol. The van der Waals surface area contributed by atoms with Crippen LogP contribution in [0.5, 0.6) is 0 Å². The number of morpholine rings is 1. The highest BCUT2D eigenvalue weighted by atomic mass is 16.5. The van der Waals surface area contributed by atoms with E-state index in [1.54, 1.807) is 0 Å². The summed E-state index contributed by atoms with van der Waals surface area (Å²) in [6.45, 7) is 15.6. The van der Waals surface area contributed by atoms with Crippen molar-refractivity contribution in [3.63, 3.8) is 0 Å². The lowest BCUT2D eigenvalue weighted by molar-refractivity contribution is -0.119. The Morgan fingerprint density at radius 3 is 2.64 bits per heavy atom. The van der Waals surface area contributed by atoms with Gasteiger partial charge in [-0.2, -0.15) is 5.10 Å². The van der Waals surface area contributed by atoms with E-state index in [0.717, 1.165) is 64.7 Å². The molecule has 0 aliphatic carbocycles. The largest absolute Gasteiger partial charge is 0.379 e. The minimum atomic E-state index is -0.0162. The van der Waals surface area contributed by atoms with Crippen LogP contribution in [0.1, 0.15) is 32.2 Å². The van der Waals surface area contributed by atoms with Crippen LogP contribution in [-0.2, 0) is 29.2 Å². The minimum Gasteiger partial charge on any atom is -0.379 e. The molecule has 0 aromatic carbocycles. The number of hydrogen-bond donors (Lipinski definition) is 1. The molecular formula is C18H31N5O2.